The van der Waals surface area contributed by atoms with Crippen molar-refractivity contribution in [2.24, 2.45) is 0 Å². The van der Waals surface area contributed by atoms with Crippen LogP contribution in [-0.2, 0) is 13.0 Å². The standard InChI is InChI=1S/C12H12O3S2/c1-2-9-5-10(11(17-9)12(13)14)15-6-8-3-4-16-7-8/h3-5,7H,2,6H2,1H3,(H,13,14). The molecule has 3 nitrogen and oxygen atoms in total. The van der Waals surface area contributed by atoms with Gasteiger partial charge in [0.25, 0.3) is 0 Å². The van der Waals surface area contributed by atoms with Gasteiger partial charge in [0.05, 0.1) is 0 Å². The highest BCUT2D eigenvalue weighted by Gasteiger charge is 2.16. The van der Waals surface area contributed by atoms with E-state index in [0.29, 0.717) is 12.4 Å². The Labute approximate surface area is 107 Å². The van der Waals surface area contributed by atoms with Crippen molar-refractivity contribution in [3.05, 3.63) is 38.2 Å². The SMILES string of the molecule is CCc1cc(OCc2ccsc2)c(C(=O)O)s1. The van der Waals surface area contributed by atoms with Crippen molar-refractivity contribution >= 4 is 28.6 Å². The van der Waals surface area contributed by atoms with E-state index in [1.165, 1.54) is 11.3 Å². The maximum atomic E-state index is 11.0. The molecule has 0 aliphatic carbocycles. The molecule has 0 amide bonds. The van der Waals surface area contributed by atoms with Crippen molar-refractivity contribution < 1.29 is 14.6 Å². The number of carboxylic acids is 1. The lowest BCUT2D eigenvalue weighted by molar-refractivity contribution is 0.0697. The van der Waals surface area contributed by atoms with Crippen LogP contribution in [-0.4, -0.2) is 11.1 Å². The fourth-order valence-electron chi connectivity index (χ4n) is 1.39. The van der Waals surface area contributed by atoms with Crippen LogP contribution < -0.4 is 4.74 Å². The van der Waals surface area contributed by atoms with Crippen LogP contribution in [0.4, 0.5) is 0 Å². The first-order valence-corrected chi connectivity index (χ1v) is 6.96. The number of thiophene rings is 2. The van der Waals surface area contributed by atoms with E-state index in [0.717, 1.165) is 16.9 Å². The summed E-state index contributed by atoms with van der Waals surface area (Å²) in [7, 11) is 0. The molecule has 0 fully saturated rings. The third-order valence-corrected chi connectivity index (χ3v) is 4.25. The number of hydrogen-bond donors (Lipinski definition) is 1. The van der Waals surface area contributed by atoms with E-state index < -0.39 is 5.97 Å². The molecule has 90 valence electrons. The van der Waals surface area contributed by atoms with Crippen molar-refractivity contribution in [2.75, 3.05) is 0 Å². The summed E-state index contributed by atoms with van der Waals surface area (Å²) < 4.78 is 5.56. The molecule has 0 bridgehead atoms. The minimum absolute atomic E-state index is 0.289. The second-order valence-corrected chi connectivity index (χ2v) is 5.40. The predicted molar refractivity (Wildman–Crippen MR) is 69.3 cm³/mol. The van der Waals surface area contributed by atoms with Crippen LogP contribution in [0.3, 0.4) is 0 Å². The van der Waals surface area contributed by atoms with Gasteiger partial charge in [-0.1, -0.05) is 6.92 Å². The number of rotatable bonds is 5. The Morgan fingerprint density at radius 3 is 2.94 bits per heavy atom. The summed E-state index contributed by atoms with van der Waals surface area (Å²) in [6.07, 6.45) is 0.826. The molecule has 17 heavy (non-hydrogen) atoms. The summed E-state index contributed by atoms with van der Waals surface area (Å²) in [6, 6.07) is 3.79. The Kier molecular flexibility index (Phi) is 3.81. The molecule has 1 N–H and O–H groups in total. The van der Waals surface area contributed by atoms with E-state index in [1.54, 1.807) is 11.3 Å². The van der Waals surface area contributed by atoms with Crippen LogP contribution in [0.1, 0.15) is 27.0 Å². The maximum Gasteiger partial charge on any atom is 0.349 e. The number of carbonyl (C=O) groups is 1. The van der Waals surface area contributed by atoms with E-state index in [4.69, 9.17) is 9.84 Å². The molecule has 0 aliphatic heterocycles. The van der Waals surface area contributed by atoms with Crippen LogP contribution >= 0.6 is 22.7 Å². The van der Waals surface area contributed by atoms with E-state index in [1.807, 2.05) is 29.8 Å². The van der Waals surface area contributed by atoms with E-state index in [9.17, 15) is 4.79 Å². The lowest BCUT2D eigenvalue weighted by Crippen LogP contribution is -1.99. The number of carboxylic acid groups (broad SMARTS) is 1. The van der Waals surface area contributed by atoms with Gasteiger partial charge >= 0.3 is 5.97 Å². The average molecular weight is 268 g/mol. The topological polar surface area (TPSA) is 46.5 Å². The molecule has 0 saturated carbocycles. The molecule has 0 radical (unpaired) electrons. The van der Waals surface area contributed by atoms with Crippen molar-refractivity contribution in [2.45, 2.75) is 20.0 Å². The quantitative estimate of drug-likeness (QED) is 0.900. The highest BCUT2D eigenvalue weighted by atomic mass is 32.1. The van der Waals surface area contributed by atoms with E-state index in [2.05, 4.69) is 0 Å². The number of hydrogen-bond acceptors (Lipinski definition) is 4. The fourth-order valence-corrected chi connectivity index (χ4v) is 2.92. The van der Waals surface area contributed by atoms with Gasteiger partial charge in [-0.25, -0.2) is 4.79 Å². The molecular formula is C12H12O3S2. The molecule has 5 heteroatoms. The van der Waals surface area contributed by atoms with Gasteiger partial charge in [0.2, 0.25) is 0 Å². The summed E-state index contributed by atoms with van der Waals surface area (Å²) in [6.45, 7) is 2.42. The first-order valence-electron chi connectivity index (χ1n) is 5.20. The maximum absolute atomic E-state index is 11.0. The second-order valence-electron chi connectivity index (χ2n) is 3.49. The monoisotopic (exact) mass is 268 g/mol. The van der Waals surface area contributed by atoms with Crippen molar-refractivity contribution in [3.63, 3.8) is 0 Å². The minimum atomic E-state index is -0.921. The number of aryl methyl sites for hydroxylation is 1. The zero-order valence-corrected chi connectivity index (χ0v) is 10.9. The normalized spacial score (nSPS) is 10.4. The average Bonchev–Trinajstić information content (AvgIpc) is 2.95. The Morgan fingerprint density at radius 1 is 1.53 bits per heavy atom. The molecule has 2 aromatic heterocycles. The molecule has 0 aromatic carbocycles. The Hall–Kier alpha value is -1.33. The van der Waals surface area contributed by atoms with Gasteiger partial charge in [-0.2, -0.15) is 11.3 Å². The minimum Gasteiger partial charge on any atom is -0.487 e. The third kappa shape index (κ3) is 2.87. The molecular weight excluding hydrogens is 256 g/mol. The number of ether oxygens (including phenoxy) is 1. The smallest absolute Gasteiger partial charge is 0.349 e. The van der Waals surface area contributed by atoms with Crippen LogP contribution in [0.15, 0.2) is 22.9 Å². The second kappa shape index (κ2) is 5.33. The highest BCUT2D eigenvalue weighted by Crippen LogP contribution is 2.30. The molecule has 2 heterocycles. The Morgan fingerprint density at radius 2 is 2.35 bits per heavy atom. The lowest BCUT2D eigenvalue weighted by Gasteiger charge is -2.03. The lowest BCUT2D eigenvalue weighted by atomic mass is 10.3. The Bertz CT molecular complexity index is 500. The molecule has 2 rings (SSSR count). The highest BCUT2D eigenvalue weighted by molar-refractivity contribution is 7.14. The zero-order chi connectivity index (χ0) is 12.3. The fraction of sp³-hybridized carbons (Fsp3) is 0.250. The molecule has 2 aromatic rings. The third-order valence-electron chi connectivity index (χ3n) is 2.27. The first-order chi connectivity index (χ1) is 8.20. The van der Waals surface area contributed by atoms with Gasteiger partial charge in [-0.05, 0) is 34.9 Å². The summed E-state index contributed by atoms with van der Waals surface area (Å²) in [5.74, 6) is -0.444. The van der Waals surface area contributed by atoms with Crippen molar-refractivity contribution in [3.8, 4) is 5.75 Å². The van der Waals surface area contributed by atoms with E-state index >= 15 is 0 Å². The van der Waals surface area contributed by atoms with Crippen molar-refractivity contribution in [1.29, 1.82) is 0 Å². The largest absolute Gasteiger partial charge is 0.487 e. The van der Waals surface area contributed by atoms with Gasteiger partial charge < -0.3 is 9.84 Å². The van der Waals surface area contributed by atoms with Crippen molar-refractivity contribution in [1.82, 2.24) is 0 Å². The van der Waals surface area contributed by atoms with Crippen LogP contribution in [0.25, 0.3) is 0 Å². The van der Waals surface area contributed by atoms with E-state index in [-0.39, 0.29) is 4.88 Å². The molecule has 0 aliphatic rings. The summed E-state index contributed by atoms with van der Waals surface area (Å²) in [5.41, 5.74) is 1.07. The molecule has 0 atom stereocenters. The van der Waals surface area contributed by atoms with Crippen LogP contribution in [0.5, 0.6) is 5.75 Å². The van der Waals surface area contributed by atoms with Gasteiger partial charge in [-0.15, -0.1) is 11.3 Å². The van der Waals surface area contributed by atoms with Gasteiger partial charge in [0.1, 0.15) is 12.4 Å². The first kappa shape index (κ1) is 12.1. The zero-order valence-electron chi connectivity index (χ0n) is 9.30. The molecule has 0 spiro atoms. The van der Waals surface area contributed by atoms with Gasteiger partial charge in [0.15, 0.2) is 4.88 Å². The summed E-state index contributed by atoms with van der Waals surface area (Å²) >= 11 is 2.88. The van der Waals surface area contributed by atoms with Crippen LogP contribution in [0.2, 0.25) is 0 Å². The summed E-state index contributed by atoms with van der Waals surface area (Å²) in [5, 5.41) is 13.0. The van der Waals surface area contributed by atoms with Gasteiger partial charge in [0, 0.05) is 4.88 Å². The molecule has 0 unspecified atom stereocenters. The molecule has 0 saturated heterocycles. The van der Waals surface area contributed by atoms with Gasteiger partial charge in [-0.3, -0.25) is 0 Å². The Balaban J connectivity index is 2.13. The number of aromatic carboxylic acids is 1. The predicted octanol–water partition coefficient (Wildman–Crippen LogP) is 3.65. The van der Waals surface area contributed by atoms with Crippen LogP contribution in [0, 0.1) is 0 Å². The summed E-state index contributed by atoms with van der Waals surface area (Å²) in [4.78, 5) is 12.4.